The van der Waals surface area contributed by atoms with Gasteiger partial charge in [-0.3, -0.25) is 19.8 Å². The normalized spacial score (nSPS) is 19.9. The van der Waals surface area contributed by atoms with Crippen LogP contribution >= 0.6 is 11.6 Å². The third-order valence-corrected chi connectivity index (χ3v) is 15.3. The number of amides is 1. The second-order valence-electron chi connectivity index (χ2n) is 17.8. The number of H-pyrrole nitrogens is 1. The van der Waals surface area contributed by atoms with E-state index in [1.165, 1.54) is 42.4 Å². The zero-order valence-corrected chi connectivity index (χ0v) is 37.8. The monoisotopic (exact) mass is 940 g/mol. The average molecular weight is 941 g/mol. The van der Waals surface area contributed by atoms with Crippen LogP contribution in [0.15, 0.2) is 83.4 Å². The number of hydrogen-bond donors (Lipinski definition) is 3. The van der Waals surface area contributed by atoms with E-state index in [1.807, 2.05) is 35.2 Å². The van der Waals surface area contributed by atoms with Crippen molar-refractivity contribution in [1.29, 1.82) is 0 Å². The quantitative estimate of drug-likeness (QED) is 0.0819. The number of ether oxygens (including phenoxy) is 3. The molecule has 5 aromatic rings. The van der Waals surface area contributed by atoms with Gasteiger partial charge in [-0.2, -0.15) is 4.98 Å². The minimum Gasteiger partial charge on any atom is -0.474 e. The third-order valence-electron chi connectivity index (χ3n) is 13.7. The number of nitro benzene ring substituents is 1. The Kier molecular flexibility index (Phi) is 12.1. The van der Waals surface area contributed by atoms with Crippen molar-refractivity contribution in [1.82, 2.24) is 19.6 Å². The Balaban J connectivity index is 0.915. The number of allylic oxidation sites excluding steroid dienone is 1. The fourth-order valence-corrected chi connectivity index (χ4v) is 11.1. The maximum Gasteiger partial charge on any atom is 0.296 e. The van der Waals surface area contributed by atoms with Gasteiger partial charge < -0.3 is 34.3 Å². The summed E-state index contributed by atoms with van der Waals surface area (Å²) in [6, 6.07) is 18.7. The zero-order chi connectivity index (χ0) is 45.6. The summed E-state index contributed by atoms with van der Waals surface area (Å²) in [7, 11) is -4.85. The van der Waals surface area contributed by atoms with Crippen LogP contribution in [0.1, 0.15) is 54.4 Å². The highest BCUT2D eigenvalue weighted by Crippen LogP contribution is 2.55. The molecule has 1 spiro atoms. The van der Waals surface area contributed by atoms with Crippen molar-refractivity contribution in [2.45, 2.75) is 49.5 Å². The number of anilines is 4. The van der Waals surface area contributed by atoms with Gasteiger partial charge in [0.1, 0.15) is 23.6 Å². The number of nitrogens with one attached hydrogen (secondary N) is 3. The number of halogens is 2. The summed E-state index contributed by atoms with van der Waals surface area (Å²) in [5.74, 6) is -1.86. The molecule has 0 bridgehead atoms. The van der Waals surface area contributed by atoms with E-state index in [4.69, 9.17) is 25.8 Å². The van der Waals surface area contributed by atoms with Crippen molar-refractivity contribution in [2.24, 2.45) is 5.41 Å². The van der Waals surface area contributed by atoms with Crippen LogP contribution in [0.4, 0.5) is 32.8 Å². The van der Waals surface area contributed by atoms with E-state index >= 15 is 4.39 Å². The van der Waals surface area contributed by atoms with E-state index < -0.39 is 49.0 Å². The molecule has 1 amide bonds. The first-order chi connectivity index (χ1) is 31.9. The van der Waals surface area contributed by atoms with Crippen molar-refractivity contribution >= 4 is 72.6 Å². The average Bonchev–Trinajstić information content (AvgIpc) is 3.77. The molecule has 3 aromatic carbocycles. The molecule has 2 aliphatic carbocycles. The number of benzene rings is 3. The summed E-state index contributed by atoms with van der Waals surface area (Å²) >= 11 is 6.29. The summed E-state index contributed by atoms with van der Waals surface area (Å²) in [6.45, 7) is 5.39. The Hall–Kier alpha value is -5.79. The highest BCUT2D eigenvalue weighted by Gasteiger charge is 2.41. The number of nitrogens with zero attached hydrogens (tertiary/aromatic N) is 5. The van der Waals surface area contributed by atoms with Crippen LogP contribution < -0.4 is 24.6 Å². The minimum absolute atomic E-state index is 0.00846. The number of pyridine rings is 1. The van der Waals surface area contributed by atoms with Gasteiger partial charge in [-0.05, 0) is 97.2 Å². The van der Waals surface area contributed by atoms with Crippen molar-refractivity contribution in [2.75, 3.05) is 87.4 Å². The minimum atomic E-state index is -4.85. The SMILES string of the molecule is O=C(NS(=O)(=O)c1cc(F)c(NC[C@@H]2COCCO2)c([N+](=O)[O-])c1)c1ccc(N2CCN(CC3=C(c4ccc(Cl)cc4)CC4(CCC4)CC3)CC2)cc1N1CCOc2nc3[nH]ccc3cc21. The first-order valence-corrected chi connectivity index (χ1v) is 24.2. The molecule has 2 saturated heterocycles. The molecular weight excluding hydrogens is 891 g/mol. The molecule has 0 radical (unpaired) electrons. The van der Waals surface area contributed by atoms with E-state index in [-0.39, 0.29) is 25.3 Å². The number of piperazine rings is 1. The molecule has 346 valence electrons. The summed E-state index contributed by atoms with van der Waals surface area (Å²) in [5.41, 5.74) is 5.77. The van der Waals surface area contributed by atoms with Crippen molar-refractivity contribution in [3.05, 3.63) is 111 Å². The Morgan fingerprint density at radius 3 is 2.55 bits per heavy atom. The number of carbonyl (C=O) groups excluding carboxylic acids is 1. The number of rotatable bonds is 12. The Morgan fingerprint density at radius 2 is 1.80 bits per heavy atom. The van der Waals surface area contributed by atoms with Crippen LogP contribution in [-0.4, -0.2) is 112 Å². The Labute approximate surface area is 386 Å². The molecule has 19 heteroatoms. The smallest absolute Gasteiger partial charge is 0.296 e. The largest absolute Gasteiger partial charge is 0.474 e. The molecule has 0 unspecified atom stereocenters. The number of sulfonamides is 1. The lowest BCUT2D eigenvalue weighted by atomic mass is 9.59. The molecule has 5 heterocycles. The van der Waals surface area contributed by atoms with Crippen molar-refractivity contribution in [3.63, 3.8) is 0 Å². The molecule has 16 nitrogen and oxygen atoms in total. The predicted molar refractivity (Wildman–Crippen MR) is 249 cm³/mol. The van der Waals surface area contributed by atoms with E-state index in [9.17, 15) is 23.3 Å². The molecule has 3 aliphatic heterocycles. The van der Waals surface area contributed by atoms with Gasteiger partial charge in [0.25, 0.3) is 21.6 Å². The molecule has 66 heavy (non-hydrogen) atoms. The second-order valence-corrected chi connectivity index (χ2v) is 19.9. The number of hydrogen-bond acceptors (Lipinski definition) is 13. The number of aromatic nitrogens is 2. The van der Waals surface area contributed by atoms with Crippen molar-refractivity contribution < 1.29 is 36.7 Å². The number of fused-ring (bicyclic) bond motifs is 2. The van der Waals surface area contributed by atoms with Gasteiger partial charge in [-0.15, -0.1) is 0 Å². The number of nitro groups is 1. The van der Waals surface area contributed by atoms with E-state index in [0.717, 1.165) is 67.7 Å². The summed E-state index contributed by atoms with van der Waals surface area (Å²) in [6.07, 6.45) is 8.59. The molecule has 2 aromatic heterocycles. The Bertz CT molecular complexity index is 2820. The van der Waals surface area contributed by atoms with Crippen molar-refractivity contribution in [3.8, 4) is 5.88 Å². The maximum atomic E-state index is 15.6. The fraction of sp³-hybridized carbons (Fsp3) is 0.404. The van der Waals surface area contributed by atoms with Crippen LogP contribution in [0.3, 0.4) is 0 Å². The van der Waals surface area contributed by atoms with Gasteiger partial charge in [0.15, 0.2) is 5.82 Å². The molecule has 1 saturated carbocycles. The fourth-order valence-electron chi connectivity index (χ4n) is 9.96. The molecular formula is C47H50ClFN8O8S. The van der Waals surface area contributed by atoms with Gasteiger partial charge >= 0.3 is 0 Å². The van der Waals surface area contributed by atoms with Gasteiger partial charge in [0.2, 0.25) is 5.88 Å². The molecule has 1 atom stereocenters. The zero-order valence-electron chi connectivity index (χ0n) is 36.2. The van der Waals surface area contributed by atoms with Gasteiger partial charge in [0.05, 0.1) is 53.5 Å². The lowest BCUT2D eigenvalue weighted by molar-refractivity contribution is -0.384. The first kappa shape index (κ1) is 44.1. The molecule has 5 aliphatic rings. The van der Waals surface area contributed by atoms with Crippen LogP contribution in [0.25, 0.3) is 16.6 Å². The standard InChI is InChI=1S/C47H50ClFN8O8S/c48-33-4-2-30(3-5-33)38-26-47(10-1-11-47)12-8-32(38)28-54-14-16-55(17-15-54)34-6-7-37(40(23-34)56-18-19-65-46-42(56)22-31-9-13-50-44(31)52-46)45(58)53-66(61,62)36-24-39(49)43(41(25-36)57(59)60)51-27-35-29-63-20-21-64-35/h2-7,9,13,22-25,35,51H,1,8,10-12,14-21,26-29H2,(H,50,52)(H,53,58)/t35-/m1/s1. The van der Waals surface area contributed by atoms with Crippen LogP contribution in [-0.2, 0) is 19.5 Å². The number of carbonyl (C=O) groups is 1. The highest BCUT2D eigenvalue weighted by molar-refractivity contribution is 7.90. The Morgan fingerprint density at radius 1 is 0.985 bits per heavy atom. The predicted octanol–water partition coefficient (Wildman–Crippen LogP) is 7.67. The molecule has 3 fully saturated rings. The number of aromatic amines is 1. The highest BCUT2D eigenvalue weighted by atomic mass is 35.5. The summed E-state index contributed by atoms with van der Waals surface area (Å²) < 4.78 is 62.3. The van der Waals surface area contributed by atoms with Gasteiger partial charge in [-0.25, -0.2) is 17.5 Å². The lowest BCUT2D eigenvalue weighted by Gasteiger charge is -2.47. The first-order valence-electron chi connectivity index (χ1n) is 22.4. The summed E-state index contributed by atoms with van der Waals surface area (Å²) in [4.78, 5) is 39.2. The van der Waals surface area contributed by atoms with E-state index in [2.05, 4.69) is 41.9 Å². The van der Waals surface area contributed by atoms with Crippen LogP contribution in [0, 0.1) is 21.3 Å². The van der Waals surface area contributed by atoms with Crippen LogP contribution in [0.2, 0.25) is 5.02 Å². The third kappa shape index (κ3) is 8.91. The lowest BCUT2D eigenvalue weighted by Crippen LogP contribution is -2.47. The molecule has 3 N–H and O–H groups in total. The van der Waals surface area contributed by atoms with E-state index in [0.29, 0.717) is 54.1 Å². The second kappa shape index (κ2) is 18.1. The van der Waals surface area contributed by atoms with E-state index in [1.54, 1.807) is 18.3 Å². The molecule has 10 rings (SSSR count). The maximum absolute atomic E-state index is 15.6. The topological polar surface area (TPSA) is 185 Å². The summed E-state index contributed by atoms with van der Waals surface area (Å²) in [5, 5.41) is 16.3. The van der Waals surface area contributed by atoms with Crippen LogP contribution in [0.5, 0.6) is 5.88 Å². The van der Waals surface area contributed by atoms with Gasteiger partial charge in [0, 0.05) is 67.6 Å². The van der Waals surface area contributed by atoms with Gasteiger partial charge in [-0.1, -0.05) is 35.7 Å².